The third kappa shape index (κ3) is 2.70. The molecule has 3 aliphatic rings. The molecule has 5 rings (SSSR count). The van der Waals surface area contributed by atoms with Gasteiger partial charge in [-0.15, -0.1) is 0 Å². The van der Waals surface area contributed by atoms with Crippen LogP contribution in [0.1, 0.15) is 60.9 Å². The Kier molecular flexibility index (Phi) is 4.50. The second-order valence-electron chi connectivity index (χ2n) is 9.02. The van der Waals surface area contributed by atoms with Gasteiger partial charge in [0, 0.05) is 23.1 Å². The van der Waals surface area contributed by atoms with E-state index in [0.29, 0.717) is 11.3 Å². The number of carbonyl (C=O) groups is 3. The second kappa shape index (κ2) is 7.01. The molecule has 2 saturated carbocycles. The zero-order valence-electron chi connectivity index (χ0n) is 17.3. The molecule has 2 fully saturated rings. The first kappa shape index (κ1) is 19.9. The van der Waals surface area contributed by atoms with Crippen LogP contribution in [-0.2, 0) is 9.59 Å². The molecule has 160 valence electrons. The van der Waals surface area contributed by atoms with Gasteiger partial charge in [-0.3, -0.25) is 14.4 Å². The van der Waals surface area contributed by atoms with Gasteiger partial charge in [-0.05, 0) is 50.1 Å². The number of benzene rings is 2. The van der Waals surface area contributed by atoms with Crippen molar-refractivity contribution in [1.82, 2.24) is 5.32 Å². The number of ketones is 1. The number of hydrogen-bond donors (Lipinski definition) is 1. The SMILES string of the molecule is C[C@@]1(C(=O)c2ccc(F)cc2)[C@@H]2c3ccccc3OC(=O)[C@@]21C(=O)NC1CCCCC1. The number of fused-ring (bicyclic) bond motifs is 3. The minimum absolute atomic E-state index is 0.00739. The van der Waals surface area contributed by atoms with Crippen molar-refractivity contribution in [2.75, 3.05) is 0 Å². The lowest BCUT2D eigenvalue weighted by Gasteiger charge is -2.28. The fourth-order valence-corrected chi connectivity index (χ4v) is 5.70. The molecule has 0 bridgehead atoms. The predicted molar refractivity (Wildman–Crippen MR) is 111 cm³/mol. The van der Waals surface area contributed by atoms with Crippen molar-refractivity contribution < 1.29 is 23.5 Å². The van der Waals surface area contributed by atoms with Crippen LogP contribution in [0.5, 0.6) is 5.75 Å². The number of nitrogens with one attached hydrogen (secondary N) is 1. The van der Waals surface area contributed by atoms with Crippen molar-refractivity contribution in [2.24, 2.45) is 10.8 Å². The van der Waals surface area contributed by atoms with Gasteiger partial charge in [0.1, 0.15) is 11.6 Å². The Hall–Kier alpha value is -3.02. The summed E-state index contributed by atoms with van der Waals surface area (Å²) in [5.41, 5.74) is -1.98. The van der Waals surface area contributed by atoms with E-state index in [1.165, 1.54) is 24.3 Å². The molecule has 0 unspecified atom stereocenters. The lowest BCUT2D eigenvalue weighted by molar-refractivity contribution is -0.149. The number of carbonyl (C=O) groups excluding carboxylic acids is 3. The summed E-state index contributed by atoms with van der Waals surface area (Å²) in [6, 6.07) is 12.3. The third-order valence-electron chi connectivity index (χ3n) is 7.38. The van der Waals surface area contributed by atoms with E-state index >= 15 is 0 Å². The van der Waals surface area contributed by atoms with Gasteiger partial charge in [-0.25, -0.2) is 4.39 Å². The van der Waals surface area contributed by atoms with E-state index in [-0.39, 0.29) is 17.4 Å². The van der Waals surface area contributed by atoms with Crippen LogP contribution < -0.4 is 10.1 Å². The highest BCUT2D eigenvalue weighted by atomic mass is 19.1. The van der Waals surface area contributed by atoms with E-state index in [4.69, 9.17) is 4.74 Å². The van der Waals surface area contributed by atoms with Crippen LogP contribution in [0.4, 0.5) is 4.39 Å². The summed E-state index contributed by atoms with van der Waals surface area (Å²) in [5, 5.41) is 3.05. The van der Waals surface area contributed by atoms with E-state index in [1.807, 2.05) is 6.07 Å². The Labute approximate surface area is 180 Å². The number of amides is 1. The van der Waals surface area contributed by atoms with Gasteiger partial charge in [0.2, 0.25) is 5.91 Å². The summed E-state index contributed by atoms with van der Waals surface area (Å²) in [5.74, 6) is -2.19. The minimum atomic E-state index is -1.62. The molecule has 5 nitrogen and oxygen atoms in total. The maximum atomic E-state index is 13.7. The number of hydrogen-bond acceptors (Lipinski definition) is 4. The van der Waals surface area contributed by atoms with Gasteiger partial charge in [0.05, 0.1) is 5.41 Å². The average molecular weight is 421 g/mol. The molecule has 0 aromatic heterocycles. The summed E-state index contributed by atoms with van der Waals surface area (Å²) in [7, 11) is 0. The lowest BCUT2D eigenvalue weighted by Crippen LogP contribution is -2.49. The van der Waals surface area contributed by atoms with E-state index in [9.17, 15) is 18.8 Å². The molecule has 1 N–H and O–H groups in total. The summed E-state index contributed by atoms with van der Waals surface area (Å²) in [6.07, 6.45) is 4.92. The van der Waals surface area contributed by atoms with E-state index in [2.05, 4.69) is 5.32 Å². The molecule has 0 spiro atoms. The van der Waals surface area contributed by atoms with Crippen LogP contribution in [0.25, 0.3) is 0 Å². The Balaban J connectivity index is 1.59. The lowest BCUT2D eigenvalue weighted by atomic mass is 9.85. The number of rotatable bonds is 4. The quantitative estimate of drug-likeness (QED) is 0.348. The second-order valence-corrected chi connectivity index (χ2v) is 9.02. The first-order chi connectivity index (χ1) is 14.9. The zero-order valence-corrected chi connectivity index (χ0v) is 17.3. The molecule has 1 aliphatic heterocycles. The molecule has 1 amide bonds. The normalized spacial score (nSPS) is 29.4. The molecule has 2 aromatic carbocycles. The van der Waals surface area contributed by atoms with Crippen LogP contribution in [0.2, 0.25) is 0 Å². The number of ether oxygens (including phenoxy) is 1. The molecule has 2 aromatic rings. The molecule has 3 atom stereocenters. The summed E-state index contributed by atoms with van der Waals surface area (Å²) in [4.78, 5) is 40.6. The van der Waals surface area contributed by atoms with Gasteiger partial charge < -0.3 is 10.1 Å². The van der Waals surface area contributed by atoms with Gasteiger partial charge >= 0.3 is 5.97 Å². The van der Waals surface area contributed by atoms with Gasteiger partial charge in [0.25, 0.3) is 0 Å². The van der Waals surface area contributed by atoms with E-state index in [1.54, 1.807) is 25.1 Å². The summed E-state index contributed by atoms with van der Waals surface area (Å²) in [6.45, 7) is 1.66. The largest absolute Gasteiger partial charge is 0.425 e. The average Bonchev–Trinajstić information content (AvgIpc) is 3.38. The number of halogens is 1. The van der Waals surface area contributed by atoms with Crippen molar-refractivity contribution >= 4 is 17.7 Å². The molecular formula is C25H24FNO4. The van der Waals surface area contributed by atoms with Crippen molar-refractivity contribution in [1.29, 1.82) is 0 Å². The van der Waals surface area contributed by atoms with Crippen LogP contribution in [-0.4, -0.2) is 23.7 Å². The molecular weight excluding hydrogens is 397 g/mol. The fraction of sp³-hybridized carbons (Fsp3) is 0.400. The molecule has 2 aliphatic carbocycles. The minimum Gasteiger partial charge on any atom is -0.425 e. The highest BCUT2D eigenvalue weighted by molar-refractivity contribution is 6.21. The Morgan fingerprint density at radius 2 is 1.71 bits per heavy atom. The molecule has 0 saturated heterocycles. The van der Waals surface area contributed by atoms with Crippen LogP contribution >= 0.6 is 0 Å². The van der Waals surface area contributed by atoms with E-state index < -0.39 is 34.4 Å². The standard InChI is InChI=1S/C25H24FNO4/c1-24(21(28)15-11-13-16(26)14-12-15)20-18-9-5-6-10-19(18)31-23(30)25(20,24)22(29)27-17-7-3-2-4-8-17/h5-6,9-14,17,20H,2-4,7-8H2,1H3,(H,27,29)/t20-,24-,25-/m0/s1. The van der Waals surface area contributed by atoms with Gasteiger partial charge in [-0.1, -0.05) is 37.5 Å². The zero-order chi connectivity index (χ0) is 21.8. The Bertz CT molecular complexity index is 1080. The van der Waals surface area contributed by atoms with Crippen LogP contribution in [0, 0.1) is 16.6 Å². The molecule has 0 radical (unpaired) electrons. The van der Waals surface area contributed by atoms with E-state index in [0.717, 1.165) is 32.1 Å². The number of esters is 1. The predicted octanol–water partition coefficient (Wildman–Crippen LogP) is 4.17. The van der Waals surface area contributed by atoms with Gasteiger partial charge in [0.15, 0.2) is 11.2 Å². The molecule has 31 heavy (non-hydrogen) atoms. The van der Waals surface area contributed by atoms with Crippen molar-refractivity contribution in [3.8, 4) is 5.75 Å². The first-order valence-corrected chi connectivity index (χ1v) is 10.8. The van der Waals surface area contributed by atoms with Crippen LogP contribution in [0.3, 0.4) is 0 Å². The number of para-hydroxylation sites is 1. The summed E-state index contributed by atoms with van der Waals surface area (Å²) < 4.78 is 19.0. The van der Waals surface area contributed by atoms with Crippen molar-refractivity contribution in [3.63, 3.8) is 0 Å². The molecule has 6 heteroatoms. The topological polar surface area (TPSA) is 72.5 Å². The van der Waals surface area contributed by atoms with Crippen molar-refractivity contribution in [3.05, 3.63) is 65.5 Å². The summed E-state index contributed by atoms with van der Waals surface area (Å²) >= 11 is 0. The highest BCUT2D eigenvalue weighted by Crippen LogP contribution is 2.78. The highest BCUT2D eigenvalue weighted by Gasteiger charge is 2.88. The number of Topliss-reactive ketones (excluding diaryl/α,β-unsaturated/α-hetero) is 1. The Morgan fingerprint density at radius 1 is 1.03 bits per heavy atom. The smallest absolute Gasteiger partial charge is 0.328 e. The maximum Gasteiger partial charge on any atom is 0.328 e. The Morgan fingerprint density at radius 3 is 2.42 bits per heavy atom. The monoisotopic (exact) mass is 421 g/mol. The first-order valence-electron chi connectivity index (χ1n) is 10.8. The third-order valence-corrected chi connectivity index (χ3v) is 7.38. The van der Waals surface area contributed by atoms with Crippen molar-refractivity contribution in [2.45, 2.75) is 51.0 Å². The van der Waals surface area contributed by atoms with Gasteiger partial charge in [-0.2, -0.15) is 0 Å². The fourth-order valence-electron chi connectivity index (χ4n) is 5.70. The maximum absolute atomic E-state index is 13.7. The van der Waals surface area contributed by atoms with Crippen LogP contribution in [0.15, 0.2) is 48.5 Å². The molecule has 1 heterocycles.